The van der Waals surface area contributed by atoms with Crippen LogP contribution in [-0.2, 0) is 19.6 Å². The molecule has 0 bridgehead atoms. The van der Waals surface area contributed by atoms with E-state index in [4.69, 9.17) is 4.74 Å². The second kappa shape index (κ2) is 9.85. The monoisotopic (exact) mass is 396 g/mol. The molecule has 8 heteroatoms. The average molecular weight is 397 g/mol. The molecule has 2 N–H and O–H groups in total. The second-order valence-electron chi connectivity index (χ2n) is 7.10. The van der Waals surface area contributed by atoms with Crippen LogP contribution in [0.2, 0.25) is 0 Å². The molecule has 1 aliphatic rings. The lowest BCUT2D eigenvalue weighted by molar-refractivity contribution is -0.113. The smallest absolute Gasteiger partial charge is 0.338 e. The van der Waals surface area contributed by atoms with Crippen molar-refractivity contribution in [2.45, 2.75) is 52.0 Å². The lowest BCUT2D eigenvalue weighted by Gasteiger charge is -2.26. The maximum Gasteiger partial charge on any atom is 0.338 e. The summed E-state index contributed by atoms with van der Waals surface area (Å²) in [6, 6.07) is 6.06. The van der Waals surface area contributed by atoms with Crippen molar-refractivity contribution in [3.05, 3.63) is 29.8 Å². The Hall–Kier alpha value is -1.93. The van der Waals surface area contributed by atoms with Crippen molar-refractivity contribution < 1.29 is 22.7 Å². The van der Waals surface area contributed by atoms with Gasteiger partial charge in [-0.25, -0.2) is 17.9 Å². The molecule has 1 aromatic carbocycles. The van der Waals surface area contributed by atoms with E-state index >= 15 is 0 Å². The van der Waals surface area contributed by atoms with Gasteiger partial charge in [0.2, 0.25) is 15.9 Å². The molecular formula is C19H28N2O5S. The first-order valence-electron chi connectivity index (χ1n) is 9.36. The largest absolute Gasteiger partial charge is 0.462 e. The summed E-state index contributed by atoms with van der Waals surface area (Å²) in [4.78, 5) is 23.8. The molecule has 0 aromatic heterocycles. The molecule has 1 saturated carbocycles. The van der Waals surface area contributed by atoms with Gasteiger partial charge in [-0.2, -0.15) is 0 Å². The minimum Gasteiger partial charge on any atom is -0.462 e. The third kappa shape index (κ3) is 7.30. The van der Waals surface area contributed by atoms with E-state index in [-0.39, 0.29) is 6.04 Å². The molecule has 0 radical (unpaired) electrons. The van der Waals surface area contributed by atoms with Crippen molar-refractivity contribution in [2.75, 3.05) is 17.7 Å². The Morgan fingerprint density at radius 2 is 1.74 bits per heavy atom. The fraction of sp³-hybridized carbons (Fsp3) is 0.579. The molecular weight excluding hydrogens is 368 g/mol. The zero-order valence-corrected chi connectivity index (χ0v) is 16.7. The van der Waals surface area contributed by atoms with Gasteiger partial charge in [0.1, 0.15) is 5.75 Å². The summed E-state index contributed by atoms with van der Waals surface area (Å²) in [5.74, 6) is -1.05. The van der Waals surface area contributed by atoms with Gasteiger partial charge in [-0.3, -0.25) is 4.79 Å². The molecule has 0 aliphatic heterocycles. The van der Waals surface area contributed by atoms with Crippen LogP contribution in [0.1, 0.15) is 56.3 Å². The molecule has 1 aliphatic carbocycles. The van der Waals surface area contributed by atoms with Gasteiger partial charge in [0.15, 0.2) is 0 Å². The Morgan fingerprint density at radius 1 is 1.11 bits per heavy atom. The average Bonchev–Trinajstić information content (AvgIpc) is 2.61. The Bertz CT molecular complexity index is 738. The Balaban J connectivity index is 1.84. The number of rotatable bonds is 8. The maximum atomic E-state index is 12.2. The molecule has 0 saturated heterocycles. The summed E-state index contributed by atoms with van der Waals surface area (Å²) in [6.45, 7) is 4.42. The van der Waals surface area contributed by atoms with Crippen LogP contribution in [0.3, 0.4) is 0 Å². The topological polar surface area (TPSA) is 102 Å². The molecule has 1 amide bonds. The first-order chi connectivity index (χ1) is 12.8. The molecule has 150 valence electrons. The fourth-order valence-corrected chi connectivity index (χ4v) is 4.26. The highest BCUT2D eigenvalue weighted by Gasteiger charge is 2.24. The van der Waals surface area contributed by atoms with Gasteiger partial charge in [-0.1, -0.05) is 13.8 Å². The number of hydrogen-bond donors (Lipinski definition) is 2. The minimum atomic E-state index is -3.69. The fourth-order valence-electron chi connectivity index (χ4n) is 3.01. The summed E-state index contributed by atoms with van der Waals surface area (Å²) in [5, 5.41) is 2.54. The number of anilines is 1. The lowest BCUT2D eigenvalue weighted by atomic mass is 9.88. The molecule has 7 nitrogen and oxygen atoms in total. The standard InChI is InChI=1S/C19H28N2O5S/c1-3-12-26-19(23)15-6-10-16(11-7-15)20-18(22)13-27(24,25)21-17-8-4-14(2)5-9-17/h6-7,10-11,14,17,21H,3-5,8-9,12-13H2,1-2H3,(H,20,22). The van der Waals surface area contributed by atoms with Gasteiger partial charge in [0.25, 0.3) is 0 Å². The zero-order chi connectivity index (χ0) is 19.9. The Morgan fingerprint density at radius 3 is 2.33 bits per heavy atom. The quantitative estimate of drug-likeness (QED) is 0.658. The van der Waals surface area contributed by atoms with E-state index in [9.17, 15) is 18.0 Å². The molecule has 1 aromatic rings. The Kier molecular flexibility index (Phi) is 7.79. The van der Waals surface area contributed by atoms with Crippen LogP contribution in [0.15, 0.2) is 24.3 Å². The molecule has 0 unspecified atom stereocenters. The molecule has 27 heavy (non-hydrogen) atoms. The van der Waals surface area contributed by atoms with E-state index in [1.807, 2.05) is 6.92 Å². The van der Waals surface area contributed by atoms with Crippen LogP contribution >= 0.6 is 0 Å². The van der Waals surface area contributed by atoms with Gasteiger partial charge in [-0.15, -0.1) is 0 Å². The molecule has 2 rings (SSSR count). The maximum absolute atomic E-state index is 12.2. The number of sulfonamides is 1. The molecule has 1 fully saturated rings. The number of ether oxygens (including phenoxy) is 1. The van der Waals surface area contributed by atoms with Crippen molar-refractivity contribution in [3.63, 3.8) is 0 Å². The first-order valence-corrected chi connectivity index (χ1v) is 11.0. The summed E-state index contributed by atoms with van der Waals surface area (Å²) in [7, 11) is -3.69. The highest BCUT2D eigenvalue weighted by Crippen LogP contribution is 2.23. The van der Waals surface area contributed by atoms with E-state index in [0.29, 0.717) is 23.8 Å². The number of benzene rings is 1. The van der Waals surface area contributed by atoms with Gasteiger partial charge >= 0.3 is 5.97 Å². The minimum absolute atomic E-state index is 0.0904. The normalized spacial score (nSPS) is 20.1. The van der Waals surface area contributed by atoms with Crippen molar-refractivity contribution >= 4 is 27.6 Å². The predicted octanol–water partition coefficient (Wildman–Crippen LogP) is 2.69. The number of hydrogen-bond acceptors (Lipinski definition) is 5. The van der Waals surface area contributed by atoms with Crippen LogP contribution in [-0.4, -0.2) is 38.7 Å². The summed E-state index contributed by atoms with van der Waals surface area (Å²) >= 11 is 0. The van der Waals surface area contributed by atoms with E-state index in [0.717, 1.165) is 32.1 Å². The number of esters is 1. The third-order valence-electron chi connectivity index (χ3n) is 4.52. The van der Waals surface area contributed by atoms with Gasteiger partial charge in [-0.05, 0) is 62.3 Å². The third-order valence-corrected chi connectivity index (χ3v) is 5.86. The first kappa shape index (κ1) is 21.4. The summed E-state index contributed by atoms with van der Waals surface area (Å²) in [5.41, 5.74) is 0.802. The van der Waals surface area contributed by atoms with Crippen LogP contribution in [0.25, 0.3) is 0 Å². The van der Waals surface area contributed by atoms with Crippen molar-refractivity contribution in [2.24, 2.45) is 5.92 Å². The van der Waals surface area contributed by atoms with Crippen LogP contribution in [0, 0.1) is 5.92 Å². The molecule has 0 spiro atoms. The van der Waals surface area contributed by atoms with Gasteiger partial charge in [0, 0.05) is 11.7 Å². The van der Waals surface area contributed by atoms with Crippen LogP contribution < -0.4 is 10.0 Å². The molecule has 0 heterocycles. The highest BCUT2D eigenvalue weighted by atomic mass is 32.2. The van der Waals surface area contributed by atoms with Crippen LogP contribution in [0.5, 0.6) is 0 Å². The van der Waals surface area contributed by atoms with Gasteiger partial charge in [0.05, 0.1) is 12.2 Å². The van der Waals surface area contributed by atoms with E-state index < -0.39 is 27.7 Å². The molecule has 0 atom stereocenters. The summed E-state index contributed by atoms with van der Waals surface area (Å²) < 4.78 is 32.0. The number of amides is 1. The zero-order valence-electron chi connectivity index (χ0n) is 15.9. The van der Waals surface area contributed by atoms with Crippen molar-refractivity contribution in [3.8, 4) is 0 Å². The van der Waals surface area contributed by atoms with Crippen LogP contribution in [0.4, 0.5) is 5.69 Å². The second-order valence-corrected chi connectivity index (χ2v) is 8.85. The number of nitrogens with one attached hydrogen (secondary N) is 2. The van der Waals surface area contributed by atoms with Crippen molar-refractivity contribution in [1.82, 2.24) is 4.72 Å². The number of carbonyl (C=O) groups is 2. The Labute approximate surface area is 160 Å². The SMILES string of the molecule is CCCOC(=O)c1ccc(NC(=O)CS(=O)(=O)NC2CCC(C)CC2)cc1. The lowest BCUT2D eigenvalue weighted by Crippen LogP contribution is -2.41. The highest BCUT2D eigenvalue weighted by molar-refractivity contribution is 7.90. The van der Waals surface area contributed by atoms with E-state index in [2.05, 4.69) is 17.0 Å². The van der Waals surface area contributed by atoms with E-state index in [1.165, 1.54) is 12.1 Å². The van der Waals surface area contributed by atoms with E-state index in [1.54, 1.807) is 12.1 Å². The predicted molar refractivity (Wildman–Crippen MR) is 104 cm³/mol. The van der Waals surface area contributed by atoms with Crippen molar-refractivity contribution in [1.29, 1.82) is 0 Å². The number of carbonyl (C=O) groups excluding carboxylic acids is 2. The van der Waals surface area contributed by atoms with Gasteiger partial charge < -0.3 is 10.1 Å². The summed E-state index contributed by atoms with van der Waals surface area (Å²) in [6.07, 6.45) is 4.33.